The average Bonchev–Trinajstić information content (AvgIpc) is 3.61. The van der Waals surface area contributed by atoms with Gasteiger partial charge in [0.05, 0.1) is 29.2 Å². The van der Waals surface area contributed by atoms with Crippen LogP contribution in [0, 0.1) is 6.92 Å². The topological polar surface area (TPSA) is 160 Å². The van der Waals surface area contributed by atoms with E-state index in [0.29, 0.717) is 40.4 Å². The molecule has 0 aliphatic rings. The van der Waals surface area contributed by atoms with Crippen LogP contribution in [0.5, 0.6) is 0 Å². The van der Waals surface area contributed by atoms with Gasteiger partial charge in [-0.25, -0.2) is 19.9 Å². The highest BCUT2D eigenvalue weighted by Gasteiger charge is 2.22. The molecule has 202 valence electrons. The molecule has 1 unspecified atom stereocenters. The summed E-state index contributed by atoms with van der Waals surface area (Å²) in [5.74, 6) is 0.341. The lowest BCUT2D eigenvalue weighted by Gasteiger charge is -2.21. The number of aromatic nitrogens is 10. The van der Waals surface area contributed by atoms with E-state index >= 15 is 0 Å². The van der Waals surface area contributed by atoms with Crippen LogP contribution in [0.25, 0.3) is 39.3 Å². The Labute approximate surface area is 236 Å². The number of nitrogens with one attached hydrogen (secondary N) is 1. The Morgan fingerprint density at radius 1 is 1.18 bits per heavy atom. The van der Waals surface area contributed by atoms with Crippen LogP contribution < -0.4 is 16.6 Å². The van der Waals surface area contributed by atoms with Crippen LogP contribution in [0.15, 0.2) is 47.8 Å². The highest BCUT2D eigenvalue weighted by molar-refractivity contribution is 6.29. The van der Waals surface area contributed by atoms with Crippen molar-refractivity contribution in [3.8, 4) is 22.8 Å². The number of halogens is 1. The fourth-order valence-electron chi connectivity index (χ4n) is 4.67. The van der Waals surface area contributed by atoms with Crippen molar-refractivity contribution in [2.75, 3.05) is 11.1 Å². The number of nitrogens with two attached hydrogens (primary N) is 1. The van der Waals surface area contributed by atoms with Gasteiger partial charge in [0.1, 0.15) is 28.5 Å². The Kier molecular flexibility index (Phi) is 5.32. The SMILES string of the molecule is [2H]C([2H])([2H])n1c(=O)c2cc(C)cc(C(C)Nc3ccc(Cl)nc3-c3nnn(CC)n3)c2n2cnc(-c3cnc(N)nc3)c12. The molecule has 0 aliphatic carbocycles. The van der Waals surface area contributed by atoms with Crippen molar-refractivity contribution in [1.29, 1.82) is 0 Å². The molecular formula is C26H25ClN12O. The van der Waals surface area contributed by atoms with Gasteiger partial charge in [-0.1, -0.05) is 17.7 Å². The summed E-state index contributed by atoms with van der Waals surface area (Å²) in [6, 6.07) is 6.58. The maximum atomic E-state index is 14.0. The molecule has 0 fully saturated rings. The first-order valence-electron chi connectivity index (χ1n) is 13.8. The summed E-state index contributed by atoms with van der Waals surface area (Å²) in [6.07, 6.45) is 4.35. The number of hydrogen-bond donors (Lipinski definition) is 2. The van der Waals surface area contributed by atoms with E-state index in [4.69, 9.17) is 21.4 Å². The Hall–Kier alpha value is -4.91. The van der Waals surface area contributed by atoms with Gasteiger partial charge in [0, 0.05) is 29.0 Å². The van der Waals surface area contributed by atoms with Crippen molar-refractivity contribution in [3.05, 3.63) is 69.6 Å². The van der Waals surface area contributed by atoms with Gasteiger partial charge in [-0.15, -0.1) is 10.2 Å². The summed E-state index contributed by atoms with van der Waals surface area (Å²) in [4.78, 5) is 32.4. The molecule has 5 heterocycles. The van der Waals surface area contributed by atoms with E-state index in [1.807, 2.05) is 26.8 Å². The third kappa shape index (κ3) is 4.20. The Morgan fingerprint density at radius 3 is 2.70 bits per heavy atom. The normalized spacial score (nSPS) is 13.8. The van der Waals surface area contributed by atoms with Crippen LogP contribution in [-0.4, -0.2) is 49.1 Å². The summed E-state index contributed by atoms with van der Waals surface area (Å²) in [5.41, 5.74) is 8.60. The van der Waals surface area contributed by atoms with E-state index in [1.165, 1.54) is 23.5 Å². The van der Waals surface area contributed by atoms with Gasteiger partial charge in [0.15, 0.2) is 0 Å². The number of benzene rings is 1. The number of hydrogen-bond acceptors (Lipinski definition) is 10. The van der Waals surface area contributed by atoms with Crippen molar-refractivity contribution >= 4 is 39.8 Å². The van der Waals surface area contributed by atoms with Gasteiger partial charge >= 0.3 is 0 Å². The maximum absolute atomic E-state index is 14.0. The molecule has 1 aromatic carbocycles. The van der Waals surface area contributed by atoms with E-state index in [9.17, 15) is 4.79 Å². The molecule has 0 saturated carbocycles. The van der Waals surface area contributed by atoms with E-state index in [-0.39, 0.29) is 27.8 Å². The van der Waals surface area contributed by atoms with Gasteiger partial charge in [0.2, 0.25) is 11.8 Å². The second-order valence-corrected chi connectivity index (χ2v) is 9.59. The number of rotatable bonds is 6. The minimum Gasteiger partial charge on any atom is -0.377 e. The Morgan fingerprint density at radius 2 is 1.98 bits per heavy atom. The highest BCUT2D eigenvalue weighted by atomic mass is 35.5. The molecule has 6 rings (SSSR count). The number of fused-ring (bicyclic) bond motifs is 3. The first-order valence-corrected chi connectivity index (χ1v) is 12.7. The maximum Gasteiger partial charge on any atom is 0.261 e. The predicted octanol–water partition coefficient (Wildman–Crippen LogP) is 3.43. The molecule has 14 heteroatoms. The number of tetrazole rings is 1. The monoisotopic (exact) mass is 559 g/mol. The zero-order valence-electron chi connectivity index (χ0n) is 24.7. The van der Waals surface area contributed by atoms with Gasteiger partial charge in [-0.2, -0.15) is 4.80 Å². The Bertz CT molecular complexity index is 2070. The summed E-state index contributed by atoms with van der Waals surface area (Å²) < 4.78 is 27.1. The largest absolute Gasteiger partial charge is 0.377 e. The second-order valence-electron chi connectivity index (χ2n) is 9.21. The minimum atomic E-state index is -2.81. The van der Waals surface area contributed by atoms with Crippen molar-refractivity contribution in [2.45, 2.75) is 33.4 Å². The van der Waals surface area contributed by atoms with Crippen LogP contribution in [0.4, 0.5) is 11.6 Å². The first kappa shape index (κ1) is 22.0. The third-order valence-corrected chi connectivity index (χ3v) is 6.72. The van der Waals surface area contributed by atoms with Crippen LogP contribution in [0.2, 0.25) is 5.15 Å². The summed E-state index contributed by atoms with van der Waals surface area (Å²) in [5, 5.41) is 16.4. The van der Waals surface area contributed by atoms with E-state index < -0.39 is 18.6 Å². The second kappa shape index (κ2) is 9.68. The van der Waals surface area contributed by atoms with Gasteiger partial charge in [-0.05, 0) is 55.3 Å². The molecule has 1 atom stereocenters. The molecule has 0 amide bonds. The van der Waals surface area contributed by atoms with Crippen LogP contribution in [0.1, 0.15) is 35.1 Å². The van der Waals surface area contributed by atoms with Crippen molar-refractivity contribution in [1.82, 2.24) is 49.1 Å². The molecule has 0 saturated heterocycles. The number of aryl methyl sites for hydroxylation is 3. The molecule has 13 nitrogen and oxygen atoms in total. The summed E-state index contributed by atoms with van der Waals surface area (Å²) >= 11 is 6.22. The molecule has 0 bridgehead atoms. The van der Waals surface area contributed by atoms with E-state index in [2.05, 4.69) is 40.7 Å². The summed E-state index contributed by atoms with van der Waals surface area (Å²) in [7, 11) is 0. The molecule has 40 heavy (non-hydrogen) atoms. The smallest absolute Gasteiger partial charge is 0.261 e. The van der Waals surface area contributed by atoms with Gasteiger partial charge in [0.25, 0.3) is 5.56 Å². The fourth-order valence-corrected chi connectivity index (χ4v) is 4.82. The zero-order chi connectivity index (χ0) is 30.6. The molecule has 3 N–H and O–H groups in total. The van der Waals surface area contributed by atoms with Crippen molar-refractivity contribution in [3.63, 3.8) is 0 Å². The number of pyridine rings is 1. The van der Waals surface area contributed by atoms with E-state index in [0.717, 1.165) is 10.1 Å². The molecule has 0 aliphatic heterocycles. The lowest BCUT2D eigenvalue weighted by molar-refractivity contribution is 0.552. The van der Waals surface area contributed by atoms with Crippen LogP contribution in [-0.2, 0) is 13.5 Å². The number of anilines is 2. The van der Waals surface area contributed by atoms with Crippen LogP contribution in [0.3, 0.4) is 0 Å². The Balaban J connectivity index is 1.58. The van der Waals surface area contributed by atoms with Crippen molar-refractivity contribution in [2.24, 2.45) is 6.98 Å². The first-order chi connectivity index (χ1) is 20.5. The predicted molar refractivity (Wildman–Crippen MR) is 152 cm³/mol. The zero-order valence-corrected chi connectivity index (χ0v) is 22.4. The van der Waals surface area contributed by atoms with Gasteiger partial charge < -0.3 is 11.1 Å². The molecule has 5 aromatic heterocycles. The highest BCUT2D eigenvalue weighted by Crippen LogP contribution is 2.33. The van der Waals surface area contributed by atoms with Gasteiger partial charge in [-0.3, -0.25) is 13.8 Å². The average molecular weight is 560 g/mol. The van der Waals surface area contributed by atoms with Crippen LogP contribution >= 0.6 is 11.6 Å². The fraction of sp³-hybridized carbons (Fsp3) is 0.231. The molecule has 6 aromatic rings. The molecule has 0 radical (unpaired) electrons. The lowest BCUT2D eigenvalue weighted by atomic mass is 10.0. The van der Waals surface area contributed by atoms with Crippen molar-refractivity contribution < 1.29 is 4.11 Å². The third-order valence-electron chi connectivity index (χ3n) is 6.50. The number of nitrogen functional groups attached to an aromatic ring is 1. The standard InChI is InChI=1S/C26H25ClN12O/c1-5-39-35-23(34-36-39)21-18(6-7-19(27)33-21)32-14(3)16-8-13(2)9-17-22(16)38-12-31-20(24(38)37(4)25(17)40)15-10-29-26(28)30-11-15/h6-12,14,32H,5H2,1-4H3,(H2,28,29,30)/i4D3. The quantitative estimate of drug-likeness (QED) is 0.289. The van der Waals surface area contributed by atoms with E-state index in [1.54, 1.807) is 22.6 Å². The number of nitrogens with zero attached hydrogens (tertiary/aromatic N) is 10. The number of imidazole rings is 1. The molecule has 0 spiro atoms. The summed E-state index contributed by atoms with van der Waals surface area (Å²) in [6.45, 7) is 3.36. The minimum absolute atomic E-state index is 0.0482. The molecular weight excluding hydrogens is 532 g/mol. The lowest BCUT2D eigenvalue weighted by Crippen LogP contribution is -2.21.